The number of aromatic nitrogens is 3. The van der Waals surface area contributed by atoms with Gasteiger partial charge in [0, 0.05) is 43.3 Å². The minimum absolute atomic E-state index is 0.836. The Labute approximate surface area is 102 Å². The van der Waals surface area contributed by atoms with E-state index in [2.05, 4.69) is 34.6 Å². The molecule has 0 saturated carbocycles. The molecule has 0 aromatic carbocycles. The van der Waals surface area contributed by atoms with Gasteiger partial charge in [-0.3, -0.25) is 9.67 Å². The first kappa shape index (κ1) is 11.8. The lowest BCUT2D eigenvalue weighted by Gasteiger charge is -2.03. The molecule has 4 heteroatoms. The molecule has 1 N–H and O–H groups in total. The molecule has 0 atom stereocenters. The third kappa shape index (κ3) is 2.53. The monoisotopic (exact) mass is 230 g/mol. The van der Waals surface area contributed by atoms with E-state index in [-0.39, 0.29) is 0 Å². The molecule has 0 fully saturated rings. The topological polar surface area (TPSA) is 42.7 Å². The first-order valence-electron chi connectivity index (χ1n) is 5.86. The maximum absolute atomic E-state index is 4.45. The number of nitrogens with one attached hydrogen (secondary N) is 1. The van der Waals surface area contributed by atoms with Crippen LogP contribution in [0.15, 0.2) is 24.7 Å². The van der Waals surface area contributed by atoms with Gasteiger partial charge in [0.2, 0.25) is 0 Å². The van der Waals surface area contributed by atoms with Crippen LogP contribution in [0.25, 0.3) is 11.1 Å². The van der Waals surface area contributed by atoms with E-state index >= 15 is 0 Å². The number of nitrogens with zero attached hydrogens (tertiary/aromatic N) is 3. The lowest BCUT2D eigenvalue weighted by molar-refractivity contribution is 0.746. The van der Waals surface area contributed by atoms with Crippen molar-refractivity contribution in [3.05, 3.63) is 35.9 Å². The van der Waals surface area contributed by atoms with Crippen LogP contribution in [0.3, 0.4) is 0 Å². The SMILES string of the molecule is CCc1nn(C)cc1-c1cncc(CNC)c1. The molecular formula is C13H18N4. The summed E-state index contributed by atoms with van der Waals surface area (Å²) in [4.78, 5) is 4.29. The summed E-state index contributed by atoms with van der Waals surface area (Å²) >= 11 is 0. The summed E-state index contributed by atoms with van der Waals surface area (Å²) in [7, 11) is 3.89. The molecule has 0 spiro atoms. The summed E-state index contributed by atoms with van der Waals surface area (Å²) in [6.45, 7) is 2.96. The molecule has 0 amide bonds. The second kappa shape index (κ2) is 5.10. The average molecular weight is 230 g/mol. The number of hydrogen-bond acceptors (Lipinski definition) is 3. The molecule has 2 rings (SSSR count). The van der Waals surface area contributed by atoms with E-state index in [1.807, 2.05) is 31.2 Å². The minimum atomic E-state index is 0.836. The Kier molecular flexibility index (Phi) is 3.54. The van der Waals surface area contributed by atoms with Crippen LogP contribution in [0.5, 0.6) is 0 Å². The van der Waals surface area contributed by atoms with Crippen molar-refractivity contribution in [1.29, 1.82) is 0 Å². The van der Waals surface area contributed by atoms with Gasteiger partial charge < -0.3 is 5.32 Å². The molecule has 0 aliphatic rings. The lowest BCUT2D eigenvalue weighted by Crippen LogP contribution is -2.05. The Morgan fingerprint density at radius 1 is 1.35 bits per heavy atom. The van der Waals surface area contributed by atoms with E-state index in [0.29, 0.717) is 0 Å². The first-order valence-corrected chi connectivity index (χ1v) is 5.86. The van der Waals surface area contributed by atoms with Gasteiger partial charge in [-0.05, 0) is 25.1 Å². The molecule has 0 bridgehead atoms. The van der Waals surface area contributed by atoms with Crippen molar-refractivity contribution in [2.45, 2.75) is 19.9 Å². The zero-order valence-corrected chi connectivity index (χ0v) is 10.6. The third-order valence-corrected chi connectivity index (χ3v) is 2.73. The van der Waals surface area contributed by atoms with Crippen LogP contribution in [0.2, 0.25) is 0 Å². The lowest BCUT2D eigenvalue weighted by atomic mass is 10.1. The van der Waals surface area contributed by atoms with Crippen LogP contribution in [0, 0.1) is 0 Å². The third-order valence-electron chi connectivity index (χ3n) is 2.73. The molecule has 2 aromatic rings. The van der Waals surface area contributed by atoms with Crippen LogP contribution in [0.1, 0.15) is 18.2 Å². The maximum atomic E-state index is 4.45. The standard InChI is InChI=1S/C13H18N4/c1-4-13-12(9-17(3)16-13)11-5-10(6-14-2)7-15-8-11/h5,7-9,14H,4,6H2,1-3H3. The molecule has 2 aromatic heterocycles. The van der Waals surface area contributed by atoms with Crippen LogP contribution < -0.4 is 5.32 Å². The molecule has 0 aliphatic carbocycles. The van der Waals surface area contributed by atoms with Gasteiger partial charge in [-0.15, -0.1) is 0 Å². The van der Waals surface area contributed by atoms with Gasteiger partial charge in [-0.2, -0.15) is 5.10 Å². The van der Waals surface area contributed by atoms with E-state index in [1.165, 1.54) is 11.1 Å². The van der Waals surface area contributed by atoms with E-state index in [4.69, 9.17) is 0 Å². The minimum Gasteiger partial charge on any atom is -0.316 e. The highest BCUT2D eigenvalue weighted by molar-refractivity contribution is 5.65. The molecule has 0 aliphatic heterocycles. The average Bonchev–Trinajstić information content (AvgIpc) is 2.71. The van der Waals surface area contributed by atoms with Gasteiger partial charge in [0.15, 0.2) is 0 Å². The zero-order chi connectivity index (χ0) is 12.3. The summed E-state index contributed by atoms with van der Waals surface area (Å²) in [5.74, 6) is 0. The number of pyridine rings is 1. The summed E-state index contributed by atoms with van der Waals surface area (Å²) in [5, 5.41) is 7.59. The molecule has 4 nitrogen and oxygen atoms in total. The predicted molar refractivity (Wildman–Crippen MR) is 68.6 cm³/mol. The highest BCUT2D eigenvalue weighted by Gasteiger charge is 2.08. The van der Waals surface area contributed by atoms with Crippen molar-refractivity contribution in [3.63, 3.8) is 0 Å². The van der Waals surface area contributed by atoms with Gasteiger partial charge in [0.05, 0.1) is 5.69 Å². The summed E-state index contributed by atoms with van der Waals surface area (Å²) in [5.41, 5.74) is 4.63. The quantitative estimate of drug-likeness (QED) is 0.870. The van der Waals surface area contributed by atoms with E-state index in [1.54, 1.807) is 0 Å². The highest BCUT2D eigenvalue weighted by Crippen LogP contribution is 2.23. The van der Waals surface area contributed by atoms with Gasteiger partial charge in [-0.25, -0.2) is 0 Å². The van der Waals surface area contributed by atoms with E-state index in [0.717, 1.165) is 24.2 Å². The van der Waals surface area contributed by atoms with Crippen molar-refractivity contribution in [3.8, 4) is 11.1 Å². The summed E-state index contributed by atoms with van der Waals surface area (Å²) in [6, 6.07) is 2.17. The van der Waals surface area contributed by atoms with E-state index < -0.39 is 0 Å². The molecule has 2 heterocycles. The normalized spacial score (nSPS) is 10.8. The number of hydrogen-bond donors (Lipinski definition) is 1. The van der Waals surface area contributed by atoms with E-state index in [9.17, 15) is 0 Å². The molecule has 90 valence electrons. The summed E-state index contributed by atoms with van der Waals surface area (Å²) < 4.78 is 1.86. The van der Waals surface area contributed by atoms with Crippen LogP contribution in [-0.2, 0) is 20.0 Å². The van der Waals surface area contributed by atoms with Crippen LogP contribution >= 0.6 is 0 Å². The van der Waals surface area contributed by atoms with Crippen molar-refractivity contribution in [1.82, 2.24) is 20.1 Å². The van der Waals surface area contributed by atoms with Gasteiger partial charge in [0.1, 0.15) is 0 Å². The predicted octanol–water partition coefficient (Wildman–Crippen LogP) is 1.76. The second-order valence-corrected chi connectivity index (χ2v) is 4.13. The molecule has 0 unspecified atom stereocenters. The fourth-order valence-electron chi connectivity index (χ4n) is 1.97. The van der Waals surface area contributed by atoms with Crippen molar-refractivity contribution in [2.24, 2.45) is 7.05 Å². The zero-order valence-electron chi connectivity index (χ0n) is 10.6. The van der Waals surface area contributed by atoms with Gasteiger partial charge in [-0.1, -0.05) is 6.92 Å². The van der Waals surface area contributed by atoms with Gasteiger partial charge in [0.25, 0.3) is 0 Å². The Hall–Kier alpha value is -1.68. The van der Waals surface area contributed by atoms with Gasteiger partial charge >= 0.3 is 0 Å². The smallest absolute Gasteiger partial charge is 0.0700 e. The Bertz CT molecular complexity index is 502. The number of aryl methyl sites for hydroxylation is 2. The molecule has 0 radical (unpaired) electrons. The largest absolute Gasteiger partial charge is 0.316 e. The van der Waals surface area contributed by atoms with Crippen molar-refractivity contribution < 1.29 is 0 Å². The Morgan fingerprint density at radius 3 is 2.88 bits per heavy atom. The second-order valence-electron chi connectivity index (χ2n) is 4.13. The Balaban J connectivity index is 2.41. The fraction of sp³-hybridized carbons (Fsp3) is 0.385. The highest BCUT2D eigenvalue weighted by atomic mass is 15.2. The van der Waals surface area contributed by atoms with Crippen molar-refractivity contribution >= 4 is 0 Å². The summed E-state index contributed by atoms with van der Waals surface area (Å²) in [6.07, 6.45) is 6.78. The molecule has 17 heavy (non-hydrogen) atoms. The van der Waals surface area contributed by atoms with Crippen LogP contribution in [0.4, 0.5) is 0 Å². The number of rotatable bonds is 4. The first-order chi connectivity index (χ1) is 8.24. The fourth-order valence-corrected chi connectivity index (χ4v) is 1.97. The van der Waals surface area contributed by atoms with Crippen molar-refractivity contribution in [2.75, 3.05) is 7.05 Å². The molecule has 0 saturated heterocycles. The van der Waals surface area contributed by atoms with Crippen LogP contribution in [-0.4, -0.2) is 21.8 Å². The maximum Gasteiger partial charge on any atom is 0.0700 e. The Morgan fingerprint density at radius 2 is 2.18 bits per heavy atom. The molecular weight excluding hydrogens is 212 g/mol.